The van der Waals surface area contributed by atoms with Gasteiger partial charge in [0.15, 0.2) is 0 Å². The average molecular weight is 359 g/mol. The van der Waals surface area contributed by atoms with E-state index in [2.05, 4.69) is 10.2 Å². The Balaban J connectivity index is 1.45. The van der Waals surface area contributed by atoms with Crippen molar-refractivity contribution in [2.75, 3.05) is 45.7 Å². The summed E-state index contributed by atoms with van der Waals surface area (Å²) >= 11 is 0. The Bertz CT molecular complexity index is 662. The predicted molar refractivity (Wildman–Crippen MR) is 101 cm³/mol. The number of urea groups is 1. The van der Waals surface area contributed by atoms with Gasteiger partial charge in [-0.2, -0.15) is 0 Å². The molecule has 26 heavy (non-hydrogen) atoms. The molecule has 0 spiro atoms. The smallest absolute Gasteiger partial charge is 0.322 e. The third-order valence-electron chi connectivity index (χ3n) is 5.95. The van der Waals surface area contributed by atoms with Crippen LogP contribution in [0.25, 0.3) is 0 Å². The van der Waals surface area contributed by atoms with Crippen molar-refractivity contribution < 1.29 is 14.3 Å². The van der Waals surface area contributed by atoms with Crippen LogP contribution in [0.2, 0.25) is 0 Å². The van der Waals surface area contributed by atoms with Gasteiger partial charge in [-0.3, -0.25) is 4.90 Å². The number of fused-ring (bicyclic) bond motifs is 4. The van der Waals surface area contributed by atoms with E-state index in [0.29, 0.717) is 29.1 Å². The second-order valence-corrected chi connectivity index (χ2v) is 7.90. The molecule has 6 nitrogen and oxygen atoms in total. The van der Waals surface area contributed by atoms with Crippen LogP contribution in [0, 0.1) is 11.8 Å². The molecule has 2 atom stereocenters. The Labute approximate surface area is 155 Å². The Morgan fingerprint density at radius 2 is 1.96 bits per heavy atom. The summed E-state index contributed by atoms with van der Waals surface area (Å²) in [5, 5.41) is 3.03. The fourth-order valence-corrected chi connectivity index (χ4v) is 4.31. The summed E-state index contributed by atoms with van der Waals surface area (Å²) in [6.07, 6.45) is 5.21. The van der Waals surface area contributed by atoms with Crippen molar-refractivity contribution in [3.63, 3.8) is 0 Å². The lowest BCUT2D eigenvalue weighted by Crippen LogP contribution is -2.45. The molecular formula is C20H29N3O3. The molecule has 0 aromatic heterocycles. The number of hydrogen-bond acceptors (Lipinski definition) is 4. The van der Waals surface area contributed by atoms with Crippen LogP contribution < -0.4 is 14.8 Å². The number of nitrogens with one attached hydrogen (secondary N) is 1. The van der Waals surface area contributed by atoms with Gasteiger partial charge in [0.1, 0.15) is 11.5 Å². The first kappa shape index (κ1) is 17.5. The number of carbonyl (C=O) groups excluding carboxylic acids is 1. The zero-order valence-electron chi connectivity index (χ0n) is 15.7. The standard InChI is InChI=1S/C20H29N3O3/c1-25-17-7-8-19(26-2)18(9-17)21-20(24)23-12-15-5-6-16(13-23)22(11-15)10-14-3-4-14/h7-9,14-16H,3-6,10-13H2,1-2H3,(H,21,24)/t15-,16-/m1/s1. The molecule has 1 aromatic carbocycles. The summed E-state index contributed by atoms with van der Waals surface area (Å²) in [5.74, 6) is 2.84. The summed E-state index contributed by atoms with van der Waals surface area (Å²) in [6.45, 7) is 4.03. The van der Waals surface area contributed by atoms with Gasteiger partial charge in [-0.1, -0.05) is 0 Å². The third kappa shape index (κ3) is 3.75. The fourth-order valence-electron chi connectivity index (χ4n) is 4.31. The van der Waals surface area contributed by atoms with Crippen LogP contribution in [-0.2, 0) is 0 Å². The van der Waals surface area contributed by atoms with Gasteiger partial charge in [-0.05, 0) is 49.7 Å². The number of nitrogens with zero attached hydrogens (tertiary/aromatic N) is 2. The summed E-state index contributed by atoms with van der Waals surface area (Å²) < 4.78 is 10.7. The highest BCUT2D eigenvalue weighted by atomic mass is 16.5. The highest BCUT2D eigenvalue weighted by Gasteiger charge is 2.38. The maximum absolute atomic E-state index is 12.9. The number of anilines is 1. The molecule has 0 radical (unpaired) electrons. The van der Waals surface area contributed by atoms with E-state index in [4.69, 9.17) is 9.47 Å². The molecule has 6 heteroatoms. The minimum absolute atomic E-state index is 0.0401. The first-order chi connectivity index (χ1) is 12.7. The maximum Gasteiger partial charge on any atom is 0.322 e. The normalized spacial score (nSPS) is 25.7. The van der Waals surface area contributed by atoms with Crippen LogP contribution in [0.5, 0.6) is 11.5 Å². The van der Waals surface area contributed by atoms with E-state index in [0.717, 1.165) is 25.6 Å². The number of piperidine rings is 1. The second-order valence-electron chi connectivity index (χ2n) is 7.90. The van der Waals surface area contributed by atoms with E-state index in [1.54, 1.807) is 14.2 Å². The molecule has 2 amide bonds. The Hall–Kier alpha value is -1.95. The minimum atomic E-state index is -0.0401. The number of ether oxygens (including phenoxy) is 2. The lowest BCUT2D eigenvalue weighted by atomic mass is 9.95. The van der Waals surface area contributed by atoms with Crippen LogP contribution in [0.3, 0.4) is 0 Å². The average Bonchev–Trinajstić information content (AvgIpc) is 3.49. The molecule has 142 valence electrons. The molecule has 1 aromatic rings. The van der Waals surface area contributed by atoms with E-state index in [9.17, 15) is 4.79 Å². The summed E-state index contributed by atoms with van der Waals surface area (Å²) in [7, 11) is 3.23. The Morgan fingerprint density at radius 1 is 1.12 bits per heavy atom. The lowest BCUT2D eigenvalue weighted by molar-refractivity contribution is 0.126. The summed E-state index contributed by atoms with van der Waals surface area (Å²) in [4.78, 5) is 17.6. The van der Waals surface area contributed by atoms with Crippen molar-refractivity contribution in [2.24, 2.45) is 11.8 Å². The van der Waals surface area contributed by atoms with Crippen LogP contribution in [0.1, 0.15) is 25.7 Å². The molecule has 3 saturated heterocycles. The molecular weight excluding hydrogens is 330 g/mol. The number of carbonyl (C=O) groups is 1. The van der Waals surface area contributed by atoms with Crippen LogP contribution >= 0.6 is 0 Å². The van der Waals surface area contributed by atoms with E-state index in [1.165, 1.54) is 32.2 Å². The number of benzene rings is 1. The third-order valence-corrected chi connectivity index (χ3v) is 5.95. The van der Waals surface area contributed by atoms with Crippen LogP contribution in [0.15, 0.2) is 18.2 Å². The molecule has 2 bridgehead atoms. The second kappa shape index (κ2) is 7.35. The van der Waals surface area contributed by atoms with Gasteiger partial charge in [0.2, 0.25) is 0 Å². The van der Waals surface area contributed by atoms with Crippen LogP contribution in [-0.4, -0.2) is 62.3 Å². The van der Waals surface area contributed by atoms with Crippen molar-refractivity contribution in [1.29, 1.82) is 0 Å². The van der Waals surface area contributed by atoms with Crippen LogP contribution in [0.4, 0.5) is 10.5 Å². The predicted octanol–water partition coefficient (Wildman–Crippen LogP) is 3.04. The zero-order chi connectivity index (χ0) is 18.1. The fraction of sp³-hybridized carbons (Fsp3) is 0.650. The molecule has 0 unspecified atom stereocenters. The van der Waals surface area contributed by atoms with Gasteiger partial charge < -0.3 is 19.7 Å². The number of amides is 2. The van der Waals surface area contributed by atoms with Gasteiger partial charge in [-0.25, -0.2) is 4.79 Å². The largest absolute Gasteiger partial charge is 0.497 e. The first-order valence-corrected chi connectivity index (χ1v) is 9.68. The van der Waals surface area contributed by atoms with Crippen molar-refractivity contribution >= 4 is 11.7 Å². The minimum Gasteiger partial charge on any atom is -0.497 e. The zero-order valence-corrected chi connectivity index (χ0v) is 15.7. The Kier molecular flexibility index (Phi) is 4.94. The van der Waals surface area contributed by atoms with E-state index in [1.807, 2.05) is 23.1 Å². The van der Waals surface area contributed by atoms with Gasteiger partial charge in [0.25, 0.3) is 0 Å². The topological polar surface area (TPSA) is 54.0 Å². The highest BCUT2D eigenvalue weighted by Crippen LogP contribution is 2.35. The highest BCUT2D eigenvalue weighted by molar-refractivity contribution is 5.91. The number of methoxy groups -OCH3 is 2. The van der Waals surface area contributed by atoms with E-state index < -0.39 is 0 Å². The monoisotopic (exact) mass is 359 g/mol. The molecule has 1 saturated carbocycles. The molecule has 1 aliphatic carbocycles. The molecule has 1 N–H and O–H groups in total. The number of hydrogen-bond donors (Lipinski definition) is 1. The summed E-state index contributed by atoms with van der Waals surface area (Å²) in [5.41, 5.74) is 0.656. The van der Waals surface area contributed by atoms with Crippen molar-refractivity contribution in [3.05, 3.63) is 18.2 Å². The molecule has 4 fully saturated rings. The van der Waals surface area contributed by atoms with E-state index in [-0.39, 0.29) is 6.03 Å². The lowest BCUT2D eigenvalue weighted by Gasteiger charge is -2.36. The molecule has 3 heterocycles. The Morgan fingerprint density at radius 3 is 2.69 bits per heavy atom. The van der Waals surface area contributed by atoms with Gasteiger partial charge in [0.05, 0.1) is 19.9 Å². The van der Waals surface area contributed by atoms with Crippen molar-refractivity contribution in [2.45, 2.75) is 31.7 Å². The SMILES string of the molecule is COc1ccc(OC)c(NC(=O)N2C[C@@H]3CC[C@H](C2)N(CC2CC2)C3)c1. The maximum atomic E-state index is 12.9. The molecule has 5 rings (SSSR count). The summed E-state index contributed by atoms with van der Waals surface area (Å²) in [6, 6.07) is 5.92. The van der Waals surface area contributed by atoms with Gasteiger partial charge >= 0.3 is 6.03 Å². The van der Waals surface area contributed by atoms with Crippen molar-refractivity contribution in [3.8, 4) is 11.5 Å². The molecule has 3 aliphatic heterocycles. The quantitative estimate of drug-likeness (QED) is 0.878. The van der Waals surface area contributed by atoms with Crippen molar-refractivity contribution in [1.82, 2.24) is 9.80 Å². The van der Waals surface area contributed by atoms with Gasteiger partial charge in [-0.15, -0.1) is 0 Å². The first-order valence-electron chi connectivity index (χ1n) is 9.68. The molecule has 4 aliphatic rings. The van der Waals surface area contributed by atoms with Gasteiger partial charge in [0, 0.05) is 38.3 Å². The van der Waals surface area contributed by atoms with E-state index >= 15 is 0 Å². The number of rotatable bonds is 5.